The number of aliphatic imine (C=N–C) groups is 1. The highest BCUT2D eigenvalue weighted by Crippen LogP contribution is 2.14. The van der Waals surface area contributed by atoms with Gasteiger partial charge in [-0.15, -0.1) is 0 Å². The van der Waals surface area contributed by atoms with Gasteiger partial charge in [0.1, 0.15) is 5.76 Å². The van der Waals surface area contributed by atoms with E-state index < -0.39 is 0 Å². The van der Waals surface area contributed by atoms with Crippen LogP contribution >= 0.6 is 0 Å². The Morgan fingerprint density at radius 1 is 1.69 bits per heavy atom. The molecule has 0 fully saturated rings. The van der Waals surface area contributed by atoms with Gasteiger partial charge < -0.3 is 4.74 Å². The molecule has 13 heavy (non-hydrogen) atoms. The number of aromatic nitrogens is 1. The maximum atomic E-state index is 5.13. The number of hydrogen-bond acceptors (Lipinski definition) is 3. The molecule has 0 aromatic carbocycles. The molecule has 0 radical (unpaired) electrons. The molecule has 0 aliphatic rings. The summed E-state index contributed by atoms with van der Waals surface area (Å²) in [5.74, 6) is 0.695. The molecule has 1 heterocycles. The molecule has 3 heteroatoms. The first-order valence-corrected chi connectivity index (χ1v) is 3.91. The Hall–Kier alpha value is -1.64. The Kier molecular flexibility index (Phi) is 3.20. The van der Waals surface area contributed by atoms with E-state index in [0.29, 0.717) is 5.76 Å². The van der Waals surface area contributed by atoms with Crippen molar-refractivity contribution >= 4 is 12.5 Å². The van der Waals surface area contributed by atoms with Crippen molar-refractivity contribution in [3.05, 3.63) is 35.8 Å². The van der Waals surface area contributed by atoms with Crippen LogP contribution in [0.3, 0.4) is 0 Å². The van der Waals surface area contributed by atoms with Crippen molar-refractivity contribution in [1.29, 1.82) is 0 Å². The molecule has 0 N–H and O–H groups in total. The molecule has 0 saturated heterocycles. The summed E-state index contributed by atoms with van der Waals surface area (Å²) in [5.41, 5.74) is 1.91. The van der Waals surface area contributed by atoms with Crippen molar-refractivity contribution in [3.8, 4) is 0 Å². The van der Waals surface area contributed by atoms with E-state index in [1.807, 2.05) is 19.1 Å². The maximum absolute atomic E-state index is 5.13. The third kappa shape index (κ3) is 2.40. The number of hydrogen-bond donors (Lipinski definition) is 0. The molecule has 0 bridgehead atoms. The largest absolute Gasteiger partial charge is 0.495 e. The molecule has 1 aromatic heterocycles. The molecule has 3 nitrogen and oxygen atoms in total. The fourth-order valence-corrected chi connectivity index (χ4v) is 1.03. The zero-order valence-corrected chi connectivity index (χ0v) is 7.82. The molecule has 0 spiro atoms. The Balaban J connectivity index is 3.05. The summed E-state index contributed by atoms with van der Waals surface area (Å²) < 4.78 is 5.13. The van der Waals surface area contributed by atoms with Gasteiger partial charge in [-0.2, -0.15) is 0 Å². The summed E-state index contributed by atoms with van der Waals surface area (Å²) in [4.78, 5) is 7.74. The van der Waals surface area contributed by atoms with Crippen LogP contribution in [0.5, 0.6) is 0 Å². The summed E-state index contributed by atoms with van der Waals surface area (Å²) in [6, 6.07) is 3.80. The molecular formula is C10H12N2O. The Labute approximate surface area is 77.8 Å². The lowest BCUT2D eigenvalue weighted by atomic mass is 10.2. The zero-order chi connectivity index (χ0) is 9.68. The highest BCUT2D eigenvalue weighted by atomic mass is 16.5. The molecule has 1 aromatic rings. The van der Waals surface area contributed by atoms with Crippen molar-refractivity contribution < 1.29 is 4.74 Å². The summed E-state index contributed by atoms with van der Waals surface area (Å²) in [5, 5.41) is 0. The number of methoxy groups -OCH3 is 1. The minimum absolute atomic E-state index is 0.695. The first-order chi connectivity index (χ1) is 6.27. The van der Waals surface area contributed by atoms with Gasteiger partial charge in [0.25, 0.3) is 0 Å². The second-order valence-corrected chi connectivity index (χ2v) is 2.57. The quantitative estimate of drug-likeness (QED) is 0.521. The van der Waals surface area contributed by atoms with Crippen molar-refractivity contribution in [2.45, 2.75) is 6.92 Å². The minimum atomic E-state index is 0.695. The van der Waals surface area contributed by atoms with E-state index in [4.69, 9.17) is 4.74 Å². The van der Waals surface area contributed by atoms with Crippen LogP contribution in [0.1, 0.15) is 11.3 Å². The van der Waals surface area contributed by atoms with Crippen LogP contribution in [-0.2, 0) is 4.74 Å². The average molecular weight is 176 g/mol. The van der Waals surface area contributed by atoms with Crippen LogP contribution in [0, 0.1) is 6.92 Å². The predicted molar refractivity (Wildman–Crippen MR) is 53.5 cm³/mol. The number of pyridine rings is 1. The van der Waals surface area contributed by atoms with Gasteiger partial charge >= 0.3 is 0 Å². The zero-order valence-electron chi connectivity index (χ0n) is 7.82. The van der Waals surface area contributed by atoms with Gasteiger partial charge in [0, 0.05) is 17.5 Å². The lowest BCUT2D eigenvalue weighted by molar-refractivity contribution is 0.369. The van der Waals surface area contributed by atoms with Crippen LogP contribution in [0.4, 0.5) is 0 Å². The van der Waals surface area contributed by atoms with Gasteiger partial charge in [-0.25, -0.2) is 0 Å². The average Bonchev–Trinajstić information content (AvgIpc) is 2.14. The number of aryl methyl sites for hydroxylation is 1. The highest BCUT2D eigenvalue weighted by Gasteiger charge is 2.00. The number of nitrogens with zero attached hydrogens (tertiary/aromatic N) is 2. The standard InChI is InChI=1S/C10H12N2O/c1-8-6-9(4-5-12-8)10(13-3)7-11-2/h4-7H,2H2,1,3H3/b10-7-. The van der Waals surface area contributed by atoms with E-state index in [9.17, 15) is 0 Å². The lowest BCUT2D eigenvalue weighted by Crippen LogP contribution is -1.89. The van der Waals surface area contributed by atoms with Gasteiger partial charge in [0.15, 0.2) is 0 Å². The van der Waals surface area contributed by atoms with E-state index in [2.05, 4.69) is 16.7 Å². The predicted octanol–water partition coefficient (Wildman–Crippen LogP) is 2.04. The first kappa shape index (κ1) is 9.45. The van der Waals surface area contributed by atoms with E-state index in [-0.39, 0.29) is 0 Å². The SMILES string of the molecule is C=N/C=C(\OC)c1ccnc(C)c1. The van der Waals surface area contributed by atoms with Crippen LogP contribution in [0.15, 0.2) is 29.5 Å². The van der Waals surface area contributed by atoms with Crippen molar-refractivity contribution in [3.63, 3.8) is 0 Å². The van der Waals surface area contributed by atoms with E-state index in [0.717, 1.165) is 11.3 Å². The van der Waals surface area contributed by atoms with Crippen LogP contribution < -0.4 is 0 Å². The summed E-state index contributed by atoms with van der Waals surface area (Å²) >= 11 is 0. The third-order valence-electron chi connectivity index (χ3n) is 1.61. The molecule has 1 rings (SSSR count). The molecule has 68 valence electrons. The second-order valence-electron chi connectivity index (χ2n) is 2.57. The van der Waals surface area contributed by atoms with Gasteiger partial charge in [0.2, 0.25) is 0 Å². The fourth-order valence-electron chi connectivity index (χ4n) is 1.03. The highest BCUT2D eigenvalue weighted by molar-refractivity contribution is 5.60. The van der Waals surface area contributed by atoms with Crippen molar-refractivity contribution in [2.75, 3.05) is 7.11 Å². The molecule has 0 saturated carbocycles. The van der Waals surface area contributed by atoms with Crippen molar-refractivity contribution in [1.82, 2.24) is 4.98 Å². The van der Waals surface area contributed by atoms with Gasteiger partial charge in [-0.1, -0.05) is 0 Å². The van der Waals surface area contributed by atoms with Gasteiger partial charge in [0.05, 0.1) is 13.3 Å². The number of rotatable bonds is 3. The maximum Gasteiger partial charge on any atom is 0.144 e. The molecule has 0 aliphatic heterocycles. The second kappa shape index (κ2) is 4.40. The smallest absolute Gasteiger partial charge is 0.144 e. The summed E-state index contributed by atoms with van der Waals surface area (Å²) in [6.07, 6.45) is 3.31. The molecular weight excluding hydrogens is 164 g/mol. The Morgan fingerprint density at radius 3 is 3.00 bits per heavy atom. The Morgan fingerprint density at radius 2 is 2.46 bits per heavy atom. The van der Waals surface area contributed by atoms with Crippen LogP contribution in [0.2, 0.25) is 0 Å². The van der Waals surface area contributed by atoms with Gasteiger partial charge in [-0.05, 0) is 25.8 Å². The van der Waals surface area contributed by atoms with Crippen LogP contribution in [0.25, 0.3) is 5.76 Å². The summed E-state index contributed by atoms with van der Waals surface area (Å²) in [6.45, 7) is 5.30. The summed E-state index contributed by atoms with van der Waals surface area (Å²) in [7, 11) is 1.60. The molecule has 0 atom stereocenters. The lowest BCUT2D eigenvalue weighted by Gasteiger charge is -2.04. The monoisotopic (exact) mass is 176 g/mol. The topological polar surface area (TPSA) is 34.5 Å². The van der Waals surface area contributed by atoms with E-state index in [1.54, 1.807) is 19.5 Å². The third-order valence-corrected chi connectivity index (χ3v) is 1.61. The molecule has 0 unspecified atom stereocenters. The minimum Gasteiger partial charge on any atom is -0.495 e. The molecule has 0 amide bonds. The number of ether oxygens (including phenoxy) is 1. The first-order valence-electron chi connectivity index (χ1n) is 3.91. The Bertz CT molecular complexity index is 331. The van der Waals surface area contributed by atoms with E-state index in [1.165, 1.54) is 0 Å². The van der Waals surface area contributed by atoms with Crippen LogP contribution in [-0.4, -0.2) is 18.8 Å². The normalized spacial score (nSPS) is 11.1. The fraction of sp³-hybridized carbons (Fsp3) is 0.200. The van der Waals surface area contributed by atoms with Gasteiger partial charge in [-0.3, -0.25) is 9.98 Å². The van der Waals surface area contributed by atoms with E-state index >= 15 is 0 Å². The van der Waals surface area contributed by atoms with Crippen molar-refractivity contribution in [2.24, 2.45) is 4.99 Å². The molecule has 0 aliphatic carbocycles.